The third kappa shape index (κ3) is 4.91. The fourth-order valence-corrected chi connectivity index (χ4v) is 8.48. The lowest BCUT2D eigenvalue weighted by Gasteiger charge is -2.39. The number of hydrogen-bond acceptors (Lipinski definition) is 7. The van der Waals surface area contributed by atoms with E-state index in [4.69, 9.17) is 14.5 Å². The Hall–Kier alpha value is -2.94. The molecule has 0 radical (unpaired) electrons. The molecule has 4 heterocycles. The standard InChI is InChI=1S/C34H41N3O4S/c1-21-5-4-6-28(30-20-42-33(35-30)37-12-10-34(32(38)39)16-25(34)17-37)31(21)41-19-24-15-22(2)29-18-36(11-7-27(29)23(24)3)26-8-13-40-14-9-26/h4-6,15,20,25-26H,7-14,16-19H2,1-3H3,(H,38,39)/t25-,34+/m0/s1. The normalized spacial score (nSPS) is 24.3. The summed E-state index contributed by atoms with van der Waals surface area (Å²) >= 11 is 1.64. The van der Waals surface area contributed by atoms with Crippen molar-refractivity contribution in [2.75, 3.05) is 37.7 Å². The molecule has 2 atom stereocenters. The fraction of sp³-hybridized carbons (Fsp3) is 0.529. The van der Waals surface area contributed by atoms with E-state index in [-0.39, 0.29) is 5.92 Å². The summed E-state index contributed by atoms with van der Waals surface area (Å²) < 4.78 is 12.2. The molecule has 0 unspecified atom stereocenters. The van der Waals surface area contributed by atoms with Crippen molar-refractivity contribution in [3.63, 3.8) is 0 Å². The van der Waals surface area contributed by atoms with Crippen LogP contribution in [-0.4, -0.2) is 59.8 Å². The van der Waals surface area contributed by atoms with Crippen LogP contribution in [0.3, 0.4) is 0 Å². The van der Waals surface area contributed by atoms with Crippen molar-refractivity contribution < 1.29 is 19.4 Å². The molecular formula is C34H41N3O4S. The number of fused-ring (bicyclic) bond motifs is 2. The molecule has 2 aromatic carbocycles. The number of rotatable bonds is 7. The van der Waals surface area contributed by atoms with Crippen LogP contribution in [0.2, 0.25) is 0 Å². The fourth-order valence-electron chi connectivity index (χ4n) is 7.61. The Labute approximate surface area is 252 Å². The molecule has 42 heavy (non-hydrogen) atoms. The first-order valence-electron chi connectivity index (χ1n) is 15.4. The SMILES string of the molecule is Cc1cc(COc2c(C)cccc2-c2csc(N3CC[C@@]4(C(=O)O)C[C@H]4C3)n2)c(C)c2c1CN(C1CCOCC1)CC2. The number of piperidine rings is 1. The molecule has 1 aromatic heterocycles. The Morgan fingerprint density at radius 2 is 2.00 bits per heavy atom. The van der Waals surface area contributed by atoms with Crippen molar-refractivity contribution >= 4 is 22.4 Å². The van der Waals surface area contributed by atoms with E-state index in [0.29, 0.717) is 19.1 Å². The van der Waals surface area contributed by atoms with E-state index in [2.05, 4.69) is 60.2 Å². The van der Waals surface area contributed by atoms with Gasteiger partial charge in [0.25, 0.3) is 0 Å². The summed E-state index contributed by atoms with van der Waals surface area (Å²) in [4.78, 5) is 21.7. The largest absolute Gasteiger partial charge is 0.488 e. The van der Waals surface area contributed by atoms with E-state index in [1.165, 1.54) is 27.8 Å². The van der Waals surface area contributed by atoms with Crippen molar-refractivity contribution in [3.05, 3.63) is 63.0 Å². The molecule has 1 saturated carbocycles. The summed E-state index contributed by atoms with van der Waals surface area (Å²) in [6, 6.07) is 9.25. The third-order valence-corrected chi connectivity index (χ3v) is 11.3. The van der Waals surface area contributed by atoms with Gasteiger partial charge in [0, 0.05) is 56.4 Å². The van der Waals surface area contributed by atoms with Gasteiger partial charge < -0.3 is 19.5 Å². The minimum atomic E-state index is -0.630. The maximum Gasteiger partial charge on any atom is 0.310 e. The highest BCUT2D eigenvalue weighted by atomic mass is 32.1. The number of aryl methyl sites for hydroxylation is 2. The van der Waals surface area contributed by atoms with Gasteiger partial charge in [-0.25, -0.2) is 4.98 Å². The molecule has 0 bridgehead atoms. The third-order valence-electron chi connectivity index (χ3n) is 10.4. The molecule has 1 aliphatic carbocycles. The Morgan fingerprint density at radius 3 is 2.79 bits per heavy atom. The van der Waals surface area contributed by atoms with Crippen LogP contribution in [0.1, 0.15) is 59.1 Å². The summed E-state index contributed by atoms with van der Waals surface area (Å²) in [5.74, 6) is 0.498. The van der Waals surface area contributed by atoms with Gasteiger partial charge >= 0.3 is 5.97 Å². The van der Waals surface area contributed by atoms with E-state index < -0.39 is 11.4 Å². The highest BCUT2D eigenvalue weighted by molar-refractivity contribution is 7.14. The van der Waals surface area contributed by atoms with Gasteiger partial charge in [0.05, 0.1) is 11.1 Å². The van der Waals surface area contributed by atoms with E-state index in [9.17, 15) is 9.90 Å². The molecule has 0 amide bonds. The Balaban J connectivity index is 1.08. The van der Waals surface area contributed by atoms with Gasteiger partial charge in [0.1, 0.15) is 12.4 Å². The van der Waals surface area contributed by atoms with E-state index in [1.807, 2.05) is 0 Å². The van der Waals surface area contributed by atoms with Crippen LogP contribution in [0.15, 0.2) is 29.6 Å². The number of carboxylic acid groups (broad SMARTS) is 1. The minimum Gasteiger partial charge on any atom is -0.488 e. The van der Waals surface area contributed by atoms with E-state index in [0.717, 1.165) is 92.8 Å². The molecule has 8 heteroatoms. The molecule has 3 fully saturated rings. The van der Waals surface area contributed by atoms with Crippen LogP contribution in [0.4, 0.5) is 5.13 Å². The molecule has 4 aliphatic rings. The molecule has 1 N–H and O–H groups in total. The molecular weight excluding hydrogens is 546 g/mol. The van der Waals surface area contributed by atoms with Crippen LogP contribution in [0.5, 0.6) is 5.75 Å². The number of thiazole rings is 1. The summed E-state index contributed by atoms with van der Waals surface area (Å²) in [7, 11) is 0. The number of benzene rings is 2. The van der Waals surface area contributed by atoms with Gasteiger partial charge in [-0.1, -0.05) is 18.2 Å². The summed E-state index contributed by atoms with van der Waals surface area (Å²) in [6.07, 6.45) is 4.87. The number of anilines is 1. The second-order valence-electron chi connectivity index (χ2n) is 12.8. The Kier molecular flexibility index (Phi) is 7.27. The Bertz CT molecular complexity index is 1510. The van der Waals surface area contributed by atoms with Crippen LogP contribution in [0, 0.1) is 32.1 Å². The second kappa shape index (κ2) is 11.0. The zero-order valence-corrected chi connectivity index (χ0v) is 25.8. The first kappa shape index (κ1) is 27.9. The van der Waals surface area contributed by atoms with E-state index >= 15 is 0 Å². The highest BCUT2D eigenvalue weighted by Gasteiger charge is 2.62. The number of carboxylic acids is 1. The highest BCUT2D eigenvalue weighted by Crippen LogP contribution is 2.58. The van der Waals surface area contributed by atoms with Gasteiger partial charge in [-0.3, -0.25) is 9.69 Å². The number of aromatic nitrogens is 1. The molecule has 7 rings (SSSR count). The van der Waals surface area contributed by atoms with Crippen molar-refractivity contribution in [2.24, 2.45) is 11.3 Å². The first-order chi connectivity index (χ1) is 20.3. The predicted octanol–water partition coefficient (Wildman–Crippen LogP) is 6.15. The lowest BCUT2D eigenvalue weighted by molar-refractivity contribution is -0.144. The predicted molar refractivity (Wildman–Crippen MR) is 165 cm³/mol. The molecule has 3 aliphatic heterocycles. The average Bonchev–Trinajstić information content (AvgIpc) is 3.56. The van der Waals surface area contributed by atoms with Gasteiger partial charge in [-0.15, -0.1) is 11.3 Å². The lowest BCUT2D eigenvalue weighted by Crippen LogP contribution is -2.42. The molecule has 0 spiro atoms. The molecule has 222 valence electrons. The maximum atomic E-state index is 11.7. The maximum absolute atomic E-state index is 11.7. The summed E-state index contributed by atoms with van der Waals surface area (Å²) in [6.45, 7) is 12.6. The number of aliphatic carboxylic acids is 1. The topological polar surface area (TPSA) is 75.1 Å². The molecule has 3 aromatic rings. The van der Waals surface area contributed by atoms with Crippen molar-refractivity contribution in [1.29, 1.82) is 0 Å². The number of carbonyl (C=O) groups is 1. The smallest absolute Gasteiger partial charge is 0.310 e. The van der Waals surface area contributed by atoms with Crippen LogP contribution < -0.4 is 9.64 Å². The average molecular weight is 588 g/mol. The quantitative estimate of drug-likeness (QED) is 0.355. The van der Waals surface area contributed by atoms with Crippen molar-refractivity contribution in [2.45, 2.75) is 72.1 Å². The second-order valence-corrected chi connectivity index (χ2v) is 13.6. The van der Waals surface area contributed by atoms with Crippen LogP contribution >= 0.6 is 11.3 Å². The van der Waals surface area contributed by atoms with Crippen molar-refractivity contribution in [3.8, 4) is 17.0 Å². The molecule has 7 nitrogen and oxygen atoms in total. The summed E-state index contributed by atoms with van der Waals surface area (Å²) in [5, 5.41) is 12.7. The molecule has 2 saturated heterocycles. The van der Waals surface area contributed by atoms with E-state index in [1.54, 1.807) is 11.3 Å². The van der Waals surface area contributed by atoms with Crippen LogP contribution in [-0.2, 0) is 29.1 Å². The lowest BCUT2D eigenvalue weighted by atomic mass is 9.87. The van der Waals surface area contributed by atoms with Gasteiger partial charge in [-0.05, 0) is 98.2 Å². The monoisotopic (exact) mass is 587 g/mol. The number of ether oxygens (including phenoxy) is 2. The zero-order chi connectivity index (χ0) is 29.0. The van der Waals surface area contributed by atoms with Gasteiger partial charge in [-0.2, -0.15) is 0 Å². The van der Waals surface area contributed by atoms with Gasteiger partial charge in [0.2, 0.25) is 0 Å². The number of nitrogens with zero attached hydrogens (tertiary/aromatic N) is 3. The van der Waals surface area contributed by atoms with Crippen LogP contribution in [0.25, 0.3) is 11.3 Å². The Morgan fingerprint density at radius 1 is 1.17 bits per heavy atom. The zero-order valence-electron chi connectivity index (χ0n) is 24.9. The van der Waals surface area contributed by atoms with Crippen molar-refractivity contribution in [1.82, 2.24) is 9.88 Å². The number of para-hydroxylation sites is 1. The minimum absolute atomic E-state index is 0.238. The number of hydrogen-bond donors (Lipinski definition) is 1. The summed E-state index contributed by atoms with van der Waals surface area (Å²) in [5.41, 5.74) is 9.57. The first-order valence-corrected chi connectivity index (χ1v) is 16.3. The van der Waals surface area contributed by atoms with Gasteiger partial charge in [0.15, 0.2) is 5.13 Å².